The summed E-state index contributed by atoms with van der Waals surface area (Å²) in [5.41, 5.74) is 1.04. The molecule has 136 valence electrons. The highest BCUT2D eigenvalue weighted by Gasteiger charge is 2.37. The Bertz CT molecular complexity index is 963. The highest BCUT2D eigenvalue weighted by atomic mass is 35.5. The Morgan fingerprint density at radius 1 is 1.12 bits per heavy atom. The van der Waals surface area contributed by atoms with Crippen LogP contribution in [0.25, 0.3) is 11.2 Å². The van der Waals surface area contributed by atoms with Gasteiger partial charge in [-0.2, -0.15) is 13.2 Å². The van der Waals surface area contributed by atoms with Gasteiger partial charge in [0.2, 0.25) is 5.82 Å². The van der Waals surface area contributed by atoms with Gasteiger partial charge < -0.3 is 9.88 Å². The van der Waals surface area contributed by atoms with Gasteiger partial charge in [-0.1, -0.05) is 23.2 Å². The highest BCUT2D eigenvalue weighted by molar-refractivity contribution is 6.32. The Morgan fingerprint density at radius 2 is 1.81 bits per heavy atom. The smallest absolute Gasteiger partial charge is 0.365 e. The molecule has 0 unspecified atom stereocenters. The minimum atomic E-state index is -4.66. The number of hydrogen-bond acceptors (Lipinski definition) is 5. The first kappa shape index (κ1) is 17.3. The summed E-state index contributed by atoms with van der Waals surface area (Å²) < 4.78 is 41.1. The van der Waals surface area contributed by atoms with Crippen molar-refractivity contribution < 1.29 is 13.2 Å². The van der Waals surface area contributed by atoms with E-state index in [0.717, 1.165) is 12.8 Å². The van der Waals surface area contributed by atoms with E-state index in [4.69, 9.17) is 23.2 Å². The lowest BCUT2D eigenvalue weighted by atomic mass is 10.2. The second-order valence-electron chi connectivity index (χ2n) is 5.98. The molecule has 11 heteroatoms. The lowest BCUT2D eigenvalue weighted by Gasteiger charge is -2.11. The van der Waals surface area contributed by atoms with Crippen LogP contribution >= 0.6 is 23.2 Å². The Hall–Kier alpha value is -2.13. The van der Waals surface area contributed by atoms with Crippen LogP contribution in [0, 0.1) is 0 Å². The molecule has 0 bridgehead atoms. The fourth-order valence-corrected chi connectivity index (χ4v) is 3.02. The molecule has 3 heterocycles. The number of nitrogens with one attached hydrogen (secondary N) is 1. The third kappa shape index (κ3) is 3.54. The van der Waals surface area contributed by atoms with Crippen molar-refractivity contribution in [2.24, 2.45) is 0 Å². The second-order valence-corrected chi connectivity index (χ2v) is 6.75. The van der Waals surface area contributed by atoms with E-state index < -0.39 is 12.0 Å². The lowest BCUT2D eigenvalue weighted by Crippen LogP contribution is -2.15. The normalized spacial score (nSPS) is 14.8. The monoisotopic (exact) mass is 402 g/mol. The van der Waals surface area contributed by atoms with E-state index in [1.165, 1.54) is 10.9 Å². The van der Waals surface area contributed by atoms with Crippen molar-refractivity contribution in [1.82, 2.24) is 24.5 Å². The summed E-state index contributed by atoms with van der Waals surface area (Å²) in [4.78, 5) is 15.3. The molecule has 0 amide bonds. The predicted octanol–water partition coefficient (Wildman–Crippen LogP) is 4.17. The zero-order valence-electron chi connectivity index (χ0n) is 13.1. The van der Waals surface area contributed by atoms with Crippen LogP contribution in [0.4, 0.5) is 19.0 Å². The van der Waals surface area contributed by atoms with E-state index in [9.17, 15) is 13.2 Å². The van der Waals surface area contributed by atoms with Crippen LogP contribution in [0.15, 0.2) is 18.5 Å². The molecule has 0 radical (unpaired) electrons. The van der Waals surface area contributed by atoms with Crippen molar-refractivity contribution in [1.29, 1.82) is 0 Å². The molecule has 0 saturated heterocycles. The van der Waals surface area contributed by atoms with Crippen molar-refractivity contribution in [2.45, 2.75) is 31.6 Å². The largest absolute Gasteiger partial charge is 0.451 e. The van der Waals surface area contributed by atoms with Gasteiger partial charge >= 0.3 is 6.18 Å². The molecule has 4 rings (SSSR count). The lowest BCUT2D eigenvalue weighted by molar-refractivity contribution is -0.144. The zero-order chi connectivity index (χ0) is 18.5. The zero-order valence-corrected chi connectivity index (χ0v) is 14.6. The number of rotatable bonds is 4. The van der Waals surface area contributed by atoms with Gasteiger partial charge in [-0.3, -0.25) is 0 Å². The molecule has 1 fully saturated rings. The number of anilines is 1. The maximum absolute atomic E-state index is 13.2. The Kier molecular flexibility index (Phi) is 4.15. The van der Waals surface area contributed by atoms with Crippen LogP contribution in [0.3, 0.4) is 0 Å². The summed E-state index contributed by atoms with van der Waals surface area (Å²) in [7, 11) is 0. The van der Waals surface area contributed by atoms with Crippen molar-refractivity contribution in [3.63, 3.8) is 0 Å². The molecular formula is C15H11Cl2F3N6. The van der Waals surface area contributed by atoms with Crippen molar-refractivity contribution >= 4 is 40.2 Å². The third-order valence-corrected chi connectivity index (χ3v) is 4.20. The van der Waals surface area contributed by atoms with Gasteiger partial charge in [0.1, 0.15) is 15.8 Å². The molecule has 3 aromatic rings. The highest BCUT2D eigenvalue weighted by Crippen LogP contribution is 2.32. The van der Waals surface area contributed by atoms with Crippen LogP contribution in [0.5, 0.6) is 0 Å². The number of hydrogen-bond donors (Lipinski definition) is 1. The second kappa shape index (κ2) is 6.24. The molecule has 1 N–H and O–H groups in total. The summed E-state index contributed by atoms with van der Waals surface area (Å²) in [5.74, 6) is -1.12. The molecule has 0 atom stereocenters. The van der Waals surface area contributed by atoms with E-state index in [0.29, 0.717) is 5.56 Å². The first-order valence-corrected chi connectivity index (χ1v) is 8.44. The maximum atomic E-state index is 13.2. The number of imidazole rings is 1. The van der Waals surface area contributed by atoms with Crippen LogP contribution < -0.4 is 5.32 Å². The third-order valence-electron chi connectivity index (χ3n) is 3.81. The SMILES string of the molecule is FC(F)(F)c1nc(NC2CC2)c2ncn(Cc3cc(Cl)nc(Cl)c3)c2n1. The van der Waals surface area contributed by atoms with E-state index in [1.54, 1.807) is 12.1 Å². The van der Waals surface area contributed by atoms with Gasteiger partial charge in [-0.25, -0.2) is 19.9 Å². The quantitative estimate of drug-likeness (QED) is 0.663. The fraction of sp³-hybridized carbons (Fsp3) is 0.333. The first-order chi connectivity index (χ1) is 12.3. The number of aromatic nitrogens is 5. The van der Waals surface area contributed by atoms with E-state index in [2.05, 4.69) is 25.3 Å². The molecule has 26 heavy (non-hydrogen) atoms. The average molecular weight is 403 g/mol. The molecule has 1 aliphatic rings. The minimum absolute atomic E-state index is 0.0829. The molecule has 1 saturated carbocycles. The fourth-order valence-electron chi connectivity index (χ4n) is 2.51. The van der Waals surface area contributed by atoms with E-state index in [-0.39, 0.29) is 39.9 Å². The maximum Gasteiger partial charge on any atom is 0.451 e. The van der Waals surface area contributed by atoms with Crippen molar-refractivity contribution in [3.8, 4) is 0 Å². The molecule has 3 aromatic heterocycles. The van der Waals surface area contributed by atoms with Gasteiger partial charge in [-0.15, -0.1) is 0 Å². The molecule has 1 aliphatic carbocycles. The van der Waals surface area contributed by atoms with Crippen LogP contribution in [-0.4, -0.2) is 30.5 Å². The molecule has 0 aliphatic heterocycles. The summed E-state index contributed by atoms with van der Waals surface area (Å²) >= 11 is 11.8. The van der Waals surface area contributed by atoms with Gasteiger partial charge in [0.05, 0.1) is 12.9 Å². The average Bonchev–Trinajstić information content (AvgIpc) is 3.25. The standard InChI is InChI=1S/C15H11Cl2F3N6/c16-9-3-7(4-10(17)23-9)5-26-6-21-11-12(22-8-1-2-8)24-14(15(18,19)20)25-13(11)26/h3-4,6,8H,1-2,5H2,(H,22,24,25). The van der Waals surface area contributed by atoms with Gasteiger partial charge in [0.25, 0.3) is 0 Å². The predicted molar refractivity (Wildman–Crippen MR) is 90.3 cm³/mol. The summed E-state index contributed by atoms with van der Waals surface area (Å²) in [6, 6.07) is 3.28. The minimum Gasteiger partial charge on any atom is -0.365 e. The molecule has 0 spiro atoms. The molecule has 6 nitrogen and oxygen atoms in total. The van der Waals surface area contributed by atoms with Crippen LogP contribution in [0.1, 0.15) is 24.2 Å². The summed E-state index contributed by atoms with van der Waals surface area (Å²) in [6.07, 6.45) is -1.46. The number of fused-ring (bicyclic) bond motifs is 1. The van der Waals surface area contributed by atoms with Crippen molar-refractivity contribution in [3.05, 3.63) is 40.2 Å². The van der Waals surface area contributed by atoms with Crippen LogP contribution in [-0.2, 0) is 12.7 Å². The molecular weight excluding hydrogens is 392 g/mol. The van der Waals surface area contributed by atoms with Crippen LogP contribution in [0.2, 0.25) is 10.3 Å². The van der Waals surface area contributed by atoms with E-state index in [1.807, 2.05) is 0 Å². The van der Waals surface area contributed by atoms with Crippen molar-refractivity contribution in [2.75, 3.05) is 5.32 Å². The Morgan fingerprint density at radius 3 is 2.42 bits per heavy atom. The summed E-state index contributed by atoms with van der Waals surface area (Å²) in [5, 5.41) is 3.37. The summed E-state index contributed by atoms with van der Waals surface area (Å²) in [6.45, 7) is 0.190. The molecule has 0 aromatic carbocycles. The first-order valence-electron chi connectivity index (χ1n) is 7.68. The topological polar surface area (TPSA) is 68.5 Å². The number of halogens is 5. The number of nitrogens with zero attached hydrogens (tertiary/aromatic N) is 5. The number of alkyl halides is 3. The van der Waals surface area contributed by atoms with Gasteiger partial charge in [0, 0.05) is 6.04 Å². The van der Waals surface area contributed by atoms with Gasteiger partial charge in [0.15, 0.2) is 11.5 Å². The Labute approximate surface area is 155 Å². The number of pyridine rings is 1. The Balaban J connectivity index is 1.79. The van der Waals surface area contributed by atoms with E-state index >= 15 is 0 Å². The van der Waals surface area contributed by atoms with Gasteiger partial charge in [-0.05, 0) is 30.5 Å².